The van der Waals surface area contributed by atoms with Crippen molar-refractivity contribution < 1.29 is 18.0 Å². The summed E-state index contributed by atoms with van der Waals surface area (Å²) in [6.45, 7) is 6.83. The summed E-state index contributed by atoms with van der Waals surface area (Å²) in [5.74, 6) is -0.896. The molecule has 3 aromatic rings. The normalized spacial score (nSPS) is 12.9. The van der Waals surface area contributed by atoms with Gasteiger partial charge in [-0.25, -0.2) is 8.42 Å². The third-order valence-electron chi connectivity index (χ3n) is 6.47. The Hall–Kier alpha value is -3.07. The molecular weight excluding hydrogens is 557 g/mol. The third-order valence-corrected chi connectivity index (χ3v) is 8.88. The molecule has 0 saturated carbocycles. The summed E-state index contributed by atoms with van der Waals surface area (Å²) < 4.78 is 28.7. The van der Waals surface area contributed by atoms with Crippen LogP contribution in [0.5, 0.6) is 0 Å². The summed E-state index contributed by atoms with van der Waals surface area (Å²) >= 11 is 12.4. The zero-order chi connectivity index (χ0) is 28.7. The summed E-state index contributed by atoms with van der Waals surface area (Å²) in [5.41, 5.74) is 1.89. The molecule has 1 N–H and O–H groups in total. The number of halogens is 2. The van der Waals surface area contributed by atoms with Crippen molar-refractivity contribution in [3.05, 3.63) is 94.0 Å². The van der Waals surface area contributed by atoms with Crippen molar-refractivity contribution >= 4 is 50.7 Å². The number of anilines is 1. The van der Waals surface area contributed by atoms with Gasteiger partial charge in [-0.15, -0.1) is 0 Å². The average Bonchev–Trinajstić information content (AvgIpc) is 2.91. The number of hydrogen-bond acceptors (Lipinski definition) is 4. The molecule has 2 atom stereocenters. The third kappa shape index (κ3) is 7.75. The van der Waals surface area contributed by atoms with Gasteiger partial charge in [-0.2, -0.15) is 0 Å². The number of nitrogens with one attached hydrogen (secondary N) is 1. The standard InChI is InChI=1S/C29H33Cl2N3O4S/c1-5-21(3)32-29(36)22(4)33(18-23-8-6-7-9-27(23)31)28(35)19-34(25-14-10-20(2)11-15-25)39(37,38)26-16-12-24(30)13-17-26/h6-17,21-22H,5,18-19H2,1-4H3,(H,32,36). The van der Waals surface area contributed by atoms with Gasteiger partial charge in [-0.05, 0) is 75.2 Å². The van der Waals surface area contributed by atoms with E-state index in [0.29, 0.717) is 21.3 Å². The van der Waals surface area contributed by atoms with E-state index in [-0.39, 0.29) is 23.4 Å². The van der Waals surface area contributed by atoms with Gasteiger partial charge in [-0.1, -0.05) is 66.0 Å². The van der Waals surface area contributed by atoms with Crippen LogP contribution < -0.4 is 9.62 Å². The van der Waals surface area contributed by atoms with Crippen LogP contribution in [0.1, 0.15) is 38.3 Å². The molecule has 10 heteroatoms. The number of carbonyl (C=O) groups excluding carboxylic acids is 2. The quantitative estimate of drug-likeness (QED) is 0.305. The molecule has 2 unspecified atom stereocenters. The lowest BCUT2D eigenvalue weighted by atomic mass is 10.1. The van der Waals surface area contributed by atoms with Crippen molar-refractivity contribution in [1.82, 2.24) is 10.2 Å². The van der Waals surface area contributed by atoms with E-state index in [1.807, 2.05) is 20.8 Å². The van der Waals surface area contributed by atoms with Crippen LogP contribution in [-0.4, -0.2) is 43.8 Å². The Morgan fingerprint density at radius 1 is 0.923 bits per heavy atom. The molecule has 0 bridgehead atoms. The lowest BCUT2D eigenvalue weighted by Crippen LogP contribution is -2.52. The highest BCUT2D eigenvalue weighted by molar-refractivity contribution is 7.92. The van der Waals surface area contributed by atoms with Crippen LogP contribution in [0, 0.1) is 6.92 Å². The Balaban J connectivity index is 2.03. The Morgan fingerprint density at radius 3 is 2.13 bits per heavy atom. The fourth-order valence-corrected chi connectivity index (χ4v) is 5.57. The van der Waals surface area contributed by atoms with E-state index in [4.69, 9.17) is 23.2 Å². The van der Waals surface area contributed by atoms with Gasteiger partial charge in [0, 0.05) is 22.6 Å². The van der Waals surface area contributed by atoms with E-state index in [1.165, 1.54) is 29.2 Å². The van der Waals surface area contributed by atoms with E-state index in [0.717, 1.165) is 16.3 Å². The van der Waals surface area contributed by atoms with Gasteiger partial charge in [0.05, 0.1) is 10.6 Å². The van der Waals surface area contributed by atoms with Crippen molar-refractivity contribution in [2.24, 2.45) is 0 Å². The maximum atomic E-state index is 13.9. The van der Waals surface area contributed by atoms with E-state index in [1.54, 1.807) is 55.5 Å². The number of aryl methyl sites for hydroxylation is 1. The second-order valence-electron chi connectivity index (χ2n) is 9.41. The number of benzene rings is 3. The maximum Gasteiger partial charge on any atom is 0.264 e. The number of carbonyl (C=O) groups is 2. The molecule has 0 aliphatic heterocycles. The van der Waals surface area contributed by atoms with Gasteiger partial charge in [-0.3, -0.25) is 13.9 Å². The van der Waals surface area contributed by atoms with Crippen molar-refractivity contribution in [3.8, 4) is 0 Å². The van der Waals surface area contributed by atoms with Crippen LogP contribution in [0.4, 0.5) is 5.69 Å². The lowest BCUT2D eigenvalue weighted by molar-refractivity contribution is -0.139. The molecule has 0 radical (unpaired) electrons. The molecule has 0 aliphatic carbocycles. The molecule has 0 fully saturated rings. The summed E-state index contributed by atoms with van der Waals surface area (Å²) in [6.07, 6.45) is 0.720. The molecule has 3 rings (SSSR count). The summed E-state index contributed by atoms with van der Waals surface area (Å²) in [7, 11) is -4.16. The molecule has 0 heterocycles. The van der Waals surface area contributed by atoms with Crippen molar-refractivity contribution in [3.63, 3.8) is 0 Å². The maximum absolute atomic E-state index is 13.9. The first-order valence-corrected chi connectivity index (χ1v) is 14.8. The minimum atomic E-state index is -4.16. The molecule has 7 nitrogen and oxygen atoms in total. The number of amides is 2. The van der Waals surface area contributed by atoms with Crippen LogP contribution in [0.15, 0.2) is 77.7 Å². The van der Waals surface area contributed by atoms with Gasteiger partial charge in [0.1, 0.15) is 12.6 Å². The zero-order valence-electron chi connectivity index (χ0n) is 22.4. The summed E-state index contributed by atoms with van der Waals surface area (Å²) in [4.78, 5) is 28.4. The smallest absolute Gasteiger partial charge is 0.264 e. The monoisotopic (exact) mass is 589 g/mol. The van der Waals surface area contributed by atoms with Gasteiger partial charge in [0.2, 0.25) is 11.8 Å². The Morgan fingerprint density at radius 2 is 1.54 bits per heavy atom. The molecule has 208 valence electrons. The fraction of sp³-hybridized carbons (Fsp3) is 0.310. The second kappa shape index (κ2) is 13.3. The molecule has 0 aliphatic rings. The largest absolute Gasteiger partial charge is 0.352 e. The second-order valence-corrected chi connectivity index (χ2v) is 12.1. The first-order valence-electron chi connectivity index (χ1n) is 12.6. The number of rotatable bonds is 11. The number of nitrogens with zero attached hydrogens (tertiary/aromatic N) is 2. The van der Waals surface area contributed by atoms with Crippen LogP contribution >= 0.6 is 23.2 Å². The van der Waals surface area contributed by atoms with Crippen LogP contribution in [0.25, 0.3) is 0 Å². The molecule has 39 heavy (non-hydrogen) atoms. The molecular formula is C29H33Cl2N3O4S. The predicted octanol–water partition coefficient (Wildman–Crippen LogP) is 5.83. The summed E-state index contributed by atoms with van der Waals surface area (Å²) in [6, 6.07) is 18.6. The van der Waals surface area contributed by atoms with Crippen molar-refractivity contribution in [2.75, 3.05) is 10.8 Å². The minimum Gasteiger partial charge on any atom is -0.352 e. The van der Waals surface area contributed by atoms with Crippen LogP contribution in [-0.2, 0) is 26.2 Å². The van der Waals surface area contributed by atoms with Crippen LogP contribution in [0.2, 0.25) is 10.0 Å². The van der Waals surface area contributed by atoms with Gasteiger partial charge in [0.15, 0.2) is 0 Å². The first kappa shape index (κ1) is 30.5. The highest BCUT2D eigenvalue weighted by Gasteiger charge is 2.33. The SMILES string of the molecule is CCC(C)NC(=O)C(C)N(Cc1ccccc1Cl)C(=O)CN(c1ccc(C)cc1)S(=O)(=O)c1ccc(Cl)cc1. The van der Waals surface area contributed by atoms with Gasteiger partial charge < -0.3 is 10.2 Å². The van der Waals surface area contributed by atoms with Crippen molar-refractivity contribution in [2.45, 2.75) is 57.6 Å². The van der Waals surface area contributed by atoms with E-state index in [2.05, 4.69) is 5.32 Å². The Labute approximate surface area is 240 Å². The molecule has 0 aromatic heterocycles. The molecule has 2 amide bonds. The highest BCUT2D eigenvalue weighted by atomic mass is 35.5. The number of sulfonamides is 1. The predicted molar refractivity (Wildman–Crippen MR) is 157 cm³/mol. The average molecular weight is 591 g/mol. The van der Waals surface area contributed by atoms with Gasteiger partial charge >= 0.3 is 0 Å². The van der Waals surface area contributed by atoms with E-state index in [9.17, 15) is 18.0 Å². The topological polar surface area (TPSA) is 86.8 Å². The van der Waals surface area contributed by atoms with E-state index >= 15 is 0 Å². The fourth-order valence-electron chi connectivity index (χ4n) is 3.83. The lowest BCUT2D eigenvalue weighted by Gasteiger charge is -2.32. The highest BCUT2D eigenvalue weighted by Crippen LogP contribution is 2.26. The first-order chi connectivity index (χ1) is 18.4. The molecule has 0 saturated heterocycles. The Kier molecular flexibility index (Phi) is 10.4. The Bertz CT molecular complexity index is 1400. The molecule has 0 spiro atoms. The number of hydrogen-bond donors (Lipinski definition) is 1. The summed E-state index contributed by atoms with van der Waals surface area (Å²) in [5, 5.41) is 3.73. The minimum absolute atomic E-state index is 0.0134. The van der Waals surface area contributed by atoms with E-state index < -0.39 is 28.5 Å². The van der Waals surface area contributed by atoms with Crippen molar-refractivity contribution in [1.29, 1.82) is 0 Å². The van der Waals surface area contributed by atoms with Gasteiger partial charge in [0.25, 0.3) is 10.0 Å². The zero-order valence-corrected chi connectivity index (χ0v) is 24.7. The van der Waals surface area contributed by atoms with Crippen LogP contribution in [0.3, 0.4) is 0 Å². The molecule has 3 aromatic carbocycles.